The third-order valence-electron chi connectivity index (χ3n) is 6.56. The van der Waals surface area contributed by atoms with Crippen LogP contribution in [0.25, 0.3) is 11.1 Å². The summed E-state index contributed by atoms with van der Waals surface area (Å²) >= 11 is 0. The van der Waals surface area contributed by atoms with Gasteiger partial charge in [0.2, 0.25) is 0 Å². The van der Waals surface area contributed by atoms with Crippen molar-refractivity contribution in [1.82, 2.24) is 4.98 Å². The van der Waals surface area contributed by atoms with E-state index in [0.29, 0.717) is 18.4 Å². The third-order valence-corrected chi connectivity index (χ3v) is 11.1. The van der Waals surface area contributed by atoms with Crippen molar-refractivity contribution in [2.24, 2.45) is 0 Å². The van der Waals surface area contributed by atoms with Crippen LogP contribution in [0, 0.1) is 0 Å². The fourth-order valence-corrected chi connectivity index (χ4v) is 4.89. The Hall–Kier alpha value is -2.64. The van der Waals surface area contributed by atoms with Crippen molar-refractivity contribution in [3.8, 4) is 16.9 Å². The van der Waals surface area contributed by atoms with Crippen LogP contribution >= 0.6 is 0 Å². The van der Waals surface area contributed by atoms with E-state index >= 15 is 0 Å². The van der Waals surface area contributed by atoms with Crippen LogP contribution in [0.4, 0.5) is 13.2 Å². The van der Waals surface area contributed by atoms with E-state index in [1.807, 2.05) is 18.2 Å². The van der Waals surface area contributed by atoms with Gasteiger partial charge in [0.15, 0.2) is 8.32 Å². The van der Waals surface area contributed by atoms with Crippen LogP contribution in [0.3, 0.4) is 0 Å². The molecule has 3 nitrogen and oxygen atoms in total. The van der Waals surface area contributed by atoms with Gasteiger partial charge in [0.05, 0.1) is 11.7 Å². The molecule has 188 valence electrons. The standard InChI is InChI=1S/C28H34F3NO2Si/c1-27(2,3)35(4,5)34-24(15-13-21-10-9-17-32-19-21)20-33-26-16-14-23(18-25(26)28(29,30)31)22-11-7-6-8-12-22/h6-12,14,16-19,24H,13,15,20H2,1-5H3/t24-/m1/s1. The average molecular weight is 502 g/mol. The molecule has 0 aliphatic carbocycles. The third kappa shape index (κ3) is 7.42. The summed E-state index contributed by atoms with van der Waals surface area (Å²) in [6.07, 6.45) is -0.0310. The predicted molar refractivity (Wildman–Crippen MR) is 137 cm³/mol. The molecule has 2 aromatic carbocycles. The minimum absolute atomic E-state index is 0.0337. The molecule has 0 saturated carbocycles. The zero-order valence-electron chi connectivity index (χ0n) is 21.0. The lowest BCUT2D eigenvalue weighted by Gasteiger charge is -2.39. The quantitative estimate of drug-likeness (QED) is 0.277. The van der Waals surface area contributed by atoms with E-state index in [1.54, 1.807) is 42.7 Å². The first-order chi connectivity index (χ1) is 16.4. The van der Waals surface area contributed by atoms with Crippen LogP contribution in [0.1, 0.15) is 38.3 Å². The van der Waals surface area contributed by atoms with E-state index in [-0.39, 0.29) is 23.5 Å². The summed E-state index contributed by atoms with van der Waals surface area (Å²) in [5.74, 6) is -0.178. The van der Waals surface area contributed by atoms with Crippen LogP contribution in [-0.4, -0.2) is 26.0 Å². The number of hydrogen-bond acceptors (Lipinski definition) is 3. The van der Waals surface area contributed by atoms with Gasteiger partial charge in [0.1, 0.15) is 12.4 Å². The Bertz CT molecular complexity index is 1080. The molecule has 7 heteroatoms. The molecule has 0 saturated heterocycles. The van der Waals surface area contributed by atoms with Crippen LogP contribution in [-0.2, 0) is 17.0 Å². The lowest BCUT2D eigenvalue weighted by molar-refractivity contribution is -0.139. The van der Waals surface area contributed by atoms with E-state index in [4.69, 9.17) is 9.16 Å². The maximum atomic E-state index is 14.0. The molecule has 0 unspecified atom stereocenters. The lowest BCUT2D eigenvalue weighted by Crippen LogP contribution is -2.45. The van der Waals surface area contributed by atoms with Crippen LogP contribution < -0.4 is 4.74 Å². The molecule has 0 spiro atoms. The summed E-state index contributed by atoms with van der Waals surface area (Å²) < 4.78 is 54.3. The molecule has 0 aliphatic heterocycles. The topological polar surface area (TPSA) is 31.4 Å². The number of nitrogens with zero attached hydrogens (tertiary/aromatic N) is 1. The number of halogens is 3. The zero-order valence-corrected chi connectivity index (χ0v) is 22.0. The van der Waals surface area contributed by atoms with Gasteiger partial charge in [-0.1, -0.05) is 63.2 Å². The Morgan fingerprint density at radius 1 is 0.914 bits per heavy atom. The van der Waals surface area contributed by atoms with Gasteiger partial charge in [-0.2, -0.15) is 13.2 Å². The second-order valence-corrected chi connectivity index (χ2v) is 15.0. The van der Waals surface area contributed by atoms with E-state index in [0.717, 1.165) is 17.2 Å². The Balaban J connectivity index is 1.83. The first-order valence-corrected chi connectivity index (χ1v) is 14.7. The smallest absolute Gasteiger partial charge is 0.419 e. The van der Waals surface area contributed by atoms with E-state index < -0.39 is 20.1 Å². The zero-order chi connectivity index (χ0) is 25.7. The molecule has 3 rings (SSSR count). The van der Waals surface area contributed by atoms with E-state index in [1.165, 1.54) is 6.07 Å². The molecule has 1 heterocycles. The summed E-state index contributed by atoms with van der Waals surface area (Å²) in [6.45, 7) is 10.7. The van der Waals surface area contributed by atoms with Crippen molar-refractivity contribution in [2.75, 3.05) is 6.61 Å². The number of ether oxygens (including phenoxy) is 1. The molecule has 0 radical (unpaired) electrons. The highest BCUT2D eigenvalue weighted by Crippen LogP contribution is 2.40. The van der Waals surface area contributed by atoms with E-state index in [2.05, 4.69) is 38.8 Å². The molecule has 0 fully saturated rings. The fraction of sp³-hybridized carbons (Fsp3) is 0.393. The minimum Gasteiger partial charge on any atom is -0.490 e. The number of hydrogen-bond donors (Lipinski definition) is 0. The second-order valence-electron chi connectivity index (χ2n) is 10.3. The van der Waals surface area contributed by atoms with Gasteiger partial charge in [0, 0.05) is 12.4 Å². The summed E-state index contributed by atoms with van der Waals surface area (Å²) in [4.78, 5) is 4.15. The van der Waals surface area contributed by atoms with Gasteiger partial charge in [-0.15, -0.1) is 0 Å². The van der Waals surface area contributed by atoms with Gasteiger partial charge in [-0.3, -0.25) is 4.98 Å². The predicted octanol–water partition coefficient (Wildman–Crippen LogP) is 8.17. The molecule has 1 atom stereocenters. The number of aromatic nitrogens is 1. The lowest BCUT2D eigenvalue weighted by atomic mass is 10.0. The molecule has 0 N–H and O–H groups in total. The van der Waals surface area contributed by atoms with Gasteiger partial charge in [-0.05, 0) is 65.9 Å². The number of rotatable bonds is 9. The molecule has 0 bridgehead atoms. The summed E-state index contributed by atoms with van der Waals surface area (Å²) in [5, 5.41) is -0.0337. The molecule has 0 amide bonds. The van der Waals surface area contributed by atoms with Crippen LogP contribution in [0.15, 0.2) is 73.1 Å². The van der Waals surface area contributed by atoms with E-state index in [9.17, 15) is 13.2 Å². The molecule has 0 aliphatic rings. The van der Waals surface area contributed by atoms with Gasteiger partial charge >= 0.3 is 6.18 Å². The summed E-state index contributed by atoms with van der Waals surface area (Å²) in [5.41, 5.74) is 1.49. The highest BCUT2D eigenvalue weighted by molar-refractivity contribution is 6.74. The van der Waals surface area contributed by atoms with Crippen molar-refractivity contribution < 1.29 is 22.3 Å². The Morgan fingerprint density at radius 2 is 1.63 bits per heavy atom. The Labute approximate surface area is 207 Å². The van der Waals surface area contributed by atoms with Gasteiger partial charge < -0.3 is 9.16 Å². The molecular weight excluding hydrogens is 467 g/mol. The first kappa shape index (κ1) is 27.0. The molecule has 35 heavy (non-hydrogen) atoms. The van der Waals surface area contributed by atoms with Crippen LogP contribution in [0.5, 0.6) is 5.75 Å². The fourth-order valence-electron chi connectivity index (χ4n) is 3.51. The number of alkyl halides is 3. The Morgan fingerprint density at radius 3 is 2.23 bits per heavy atom. The SMILES string of the molecule is CC(C)(C)[Si](C)(C)O[C@H](CCc1cccnc1)COc1ccc(-c2ccccc2)cc1C(F)(F)F. The summed E-state index contributed by atoms with van der Waals surface area (Å²) in [7, 11) is -2.17. The van der Waals surface area contributed by atoms with Crippen molar-refractivity contribution in [3.63, 3.8) is 0 Å². The number of aryl methyl sites for hydroxylation is 1. The number of benzene rings is 2. The van der Waals surface area contributed by atoms with Crippen molar-refractivity contribution >= 4 is 8.32 Å². The average Bonchev–Trinajstić information content (AvgIpc) is 2.80. The molecule has 1 aromatic heterocycles. The maximum Gasteiger partial charge on any atom is 0.419 e. The van der Waals surface area contributed by atoms with Gasteiger partial charge in [0.25, 0.3) is 0 Å². The van der Waals surface area contributed by atoms with Gasteiger partial charge in [-0.25, -0.2) is 0 Å². The first-order valence-electron chi connectivity index (χ1n) is 11.8. The highest BCUT2D eigenvalue weighted by Gasteiger charge is 2.40. The molecular formula is C28H34F3NO2Si. The van der Waals surface area contributed by atoms with Crippen molar-refractivity contribution in [1.29, 1.82) is 0 Å². The van der Waals surface area contributed by atoms with Crippen LogP contribution in [0.2, 0.25) is 18.1 Å². The van der Waals surface area contributed by atoms with Crippen molar-refractivity contribution in [3.05, 3.63) is 84.2 Å². The number of pyridine rings is 1. The summed E-state index contributed by atoms with van der Waals surface area (Å²) in [6, 6.07) is 17.1. The highest BCUT2D eigenvalue weighted by atomic mass is 28.4. The molecule has 3 aromatic rings. The minimum atomic E-state index is -4.54. The Kier molecular flexibility index (Phi) is 8.44. The second kappa shape index (κ2) is 11.0. The normalized spacial score (nSPS) is 13.5. The monoisotopic (exact) mass is 501 g/mol. The maximum absolute atomic E-state index is 14.0. The largest absolute Gasteiger partial charge is 0.490 e. The van der Waals surface area contributed by atoms with Crippen molar-refractivity contribution in [2.45, 2.75) is 64.0 Å².